The summed E-state index contributed by atoms with van der Waals surface area (Å²) in [5, 5.41) is 12.9. The van der Waals surface area contributed by atoms with Gasteiger partial charge in [-0.05, 0) is 38.6 Å². The molecule has 1 aromatic carbocycles. The van der Waals surface area contributed by atoms with E-state index in [1.54, 1.807) is 4.68 Å². The standard InChI is InChI=1S/C21H24N6O2/c1-14-9-16(24-26(14)3)20(28)27-12-21(13-27)10-17(25(2)11-21)19-23-22-18(29-19)15-7-5-4-6-8-15/h4-9,17H,10-13H2,1-3H3. The molecule has 3 aromatic rings. The third kappa shape index (κ3) is 3.04. The van der Waals surface area contributed by atoms with E-state index in [1.807, 2.05) is 55.3 Å². The summed E-state index contributed by atoms with van der Waals surface area (Å²) in [5.74, 6) is 1.20. The second-order valence-electron chi connectivity index (χ2n) is 8.40. The number of hydrogen-bond acceptors (Lipinski definition) is 6. The topological polar surface area (TPSA) is 80.3 Å². The van der Waals surface area contributed by atoms with Crippen molar-refractivity contribution in [1.82, 2.24) is 29.8 Å². The van der Waals surface area contributed by atoms with Crippen LogP contribution in [-0.2, 0) is 7.05 Å². The zero-order valence-corrected chi connectivity index (χ0v) is 16.9. The number of likely N-dealkylation sites (tertiary alicyclic amines) is 2. The molecule has 1 amide bonds. The Balaban J connectivity index is 1.27. The SMILES string of the molecule is Cc1cc(C(=O)N2CC3(CC(c4nnc(-c5ccccc5)o4)N(C)C3)C2)nn1C. The van der Waals surface area contributed by atoms with E-state index < -0.39 is 0 Å². The van der Waals surface area contributed by atoms with E-state index in [1.165, 1.54) is 0 Å². The van der Waals surface area contributed by atoms with E-state index in [4.69, 9.17) is 4.42 Å². The van der Waals surface area contributed by atoms with Gasteiger partial charge in [0.2, 0.25) is 11.8 Å². The van der Waals surface area contributed by atoms with Gasteiger partial charge in [0.25, 0.3) is 5.91 Å². The van der Waals surface area contributed by atoms with Gasteiger partial charge in [0.15, 0.2) is 5.69 Å². The van der Waals surface area contributed by atoms with Crippen molar-refractivity contribution in [3.63, 3.8) is 0 Å². The Labute approximate surface area is 169 Å². The molecule has 0 aliphatic carbocycles. The second-order valence-corrected chi connectivity index (χ2v) is 8.40. The van der Waals surface area contributed by atoms with E-state index in [0.29, 0.717) is 17.5 Å². The normalized spacial score (nSPS) is 20.9. The number of nitrogens with zero attached hydrogens (tertiary/aromatic N) is 6. The summed E-state index contributed by atoms with van der Waals surface area (Å²) >= 11 is 0. The minimum atomic E-state index is 0.00887. The Morgan fingerprint density at radius 3 is 2.59 bits per heavy atom. The van der Waals surface area contributed by atoms with Gasteiger partial charge in [0.05, 0.1) is 6.04 Å². The predicted octanol–water partition coefficient (Wildman–Crippen LogP) is 2.30. The molecule has 0 bridgehead atoms. The zero-order valence-electron chi connectivity index (χ0n) is 16.9. The van der Waals surface area contributed by atoms with Crippen molar-refractivity contribution >= 4 is 5.91 Å². The molecule has 0 radical (unpaired) electrons. The van der Waals surface area contributed by atoms with Crippen LogP contribution in [0.4, 0.5) is 0 Å². The van der Waals surface area contributed by atoms with Gasteiger partial charge >= 0.3 is 0 Å². The highest BCUT2D eigenvalue weighted by Crippen LogP contribution is 2.47. The minimum Gasteiger partial charge on any atom is -0.419 e. The molecule has 5 rings (SSSR count). The fourth-order valence-electron chi connectivity index (χ4n) is 4.58. The summed E-state index contributed by atoms with van der Waals surface area (Å²) in [6.45, 7) is 4.34. The molecule has 1 atom stereocenters. The average molecular weight is 392 g/mol. The summed E-state index contributed by atoms with van der Waals surface area (Å²) in [4.78, 5) is 16.9. The van der Waals surface area contributed by atoms with Crippen molar-refractivity contribution in [2.45, 2.75) is 19.4 Å². The van der Waals surface area contributed by atoms with Gasteiger partial charge < -0.3 is 9.32 Å². The molecular formula is C21H24N6O2. The van der Waals surface area contributed by atoms with Gasteiger partial charge in [-0.1, -0.05) is 18.2 Å². The lowest BCUT2D eigenvalue weighted by Crippen LogP contribution is -2.59. The lowest BCUT2D eigenvalue weighted by molar-refractivity contribution is 0.0109. The van der Waals surface area contributed by atoms with Crippen LogP contribution in [0.25, 0.3) is 11.5 Å². The Hall–Kier alpha value is -3.00. The number of carbonyl (C=O) groups is 1. The number of aromatic nitrogens is 4. The lowest BCUT2D eigenvalue weighted by atomic mass is 9.77. The van der Waals surface area contributed by atoms with E-state index in [-0.39, 0.29) is 17.4 Å². The van der Waals surface area contributed by atoms with Crippen LogP contribution in [0.2, 0.25) is 0 Å². The van der Waals surface area contributed by atoms with Gasteiger partial charge in [-0.25, -0.2) is 0 Å². The predicted molar refractivity (Wildman–Crippen MR) is 106 cm³/mol. The number of rotatable bonds is 3. The molecule has 2 aromatic heterocycles. The molecule has 2 saturated heterocycles. The molecule has 0 N–H and O–H groups in total. The molecule has 0 saturated carbocycles. The molecule has 150 valence electrons. The van der Waals surface area contributed by atoms with Crippen LogP contribution in [0, 0.1) is 12.3 Å². The Kier molecular flexibility index (Phi) is 4.06. The quantitative estimate of drug-likeness (QED) is 0.680. The number of hydrogen-bond donors (Lipinski definition) is 0. The highest BCUT2D eigenvalue weighted by Gasteiger charge is 2.53. The molecule has 2 aliphatic rings. The third-order valence-electron chi connectivity index (χ3n) is 6.16. The van der Waals surface area contributed by atoms with Crippen molar-refractivity contribution in [1.29, 1.82) is 0 Å². The molecule has 8 nitrogen and oxygen atoms in total. The summed E-state index contributed by atoms with van der Waals surface area (Å²) in [5.41, 5.74) is 2.51. The number of amides is 1. The molecule has 2 fully saturated rings. The van der Waals surface area contributed by atoms with E-state index >= 15 is 0 Å². The summed E-state index contributed by atoms with van der Waals surface area (Å²) in [6.07, 6.45) is 0.908. The first-order valence-electron chi connectivity index (χ1n) is 9.83. The maximum Gasteiger partial charge on any atom is 0.274 e. The fraction of sp³-hybridized carbons (Fsp3) is 0.429. The van der Waals surface area contributed by atoms with Crippen LogP contribution >= 0.6 is 0 Å². The van der Waals surface area contributed by atoms with Crippen molar-refractivity contribution in [3.8, 4) is 11.5 Å². The van der Waals surface area contributed by atoms with Gasteiger partial charge in [0.1, 0.15) is 0 Å². The number of aryl methyl sites for hydroxylation is 2. The van der Waals surface area contributed by atoms with Gasteiger partial charge in [-0.3, -0.25) is 14.4 Å². The van der Waals surface area contributed by atoms with Crippen LogP contribution in [0.1, 0.15) is 34.5 Å². The van der Waals surface area contributed by atoms with Gasteiger partial charge in [-0.2, -0.15) is 5.10 Å². The summed E-state index contributed by atoms with van der Waals surface area (Å²) in [6, 6.07) is 11.7. The number of benzene rings is 1. The van der Waals surface area contributed by atoms with Crippen molar-refractivity contribution in [3.05, 3.63) is 53.7 Å². The van der Waals surface area contributed by atoms with Crippen molar-refractivity contribution in [2.24, 2.45) is 12.5 Å². The monoisotopic (exact) mass is 392 g/mol. The first-order chi connectivity index (χ1) is 13.9. The summed E-state index contributed by atoms with van der Waals surface area (Å²) < 4.78 is 7.73. The molecule has 4 heterocycles. The molecular weight excluding hydrogens is 368 g/mol. The molecule has 29 heavy (non-hydrogen) atoms. The number of carbonyl (C=O) groups excluding carboxylic acids is 1. The molecule has 1 unspecified atom stereocenters. The van der Waals surface area contributed by atoms with Crippen LogP contribution in [0.5, 0.6) is 0 Å². The van der Waals surface area contributed by atoms with Crippen LogP contribution in [-0.4, -0.2) is 62.4 Å². The molecule has 8 heteroatoms. The Morgan fingerprint density at radius 1 is 1.14 bits per heavy atom. The first kappa shape index (κ1) is 18.1. The highest BCUT2D eigenvalue weighted by molar-refractivity contribution is 5.93. The van der Waals surface area contributed by atoms with Crippen LogP contribution in [0.15, 0.2) is 40.8 Å². The smallest absolute Gasteiger partial charge is 0.274 e. The fourth-order valence-corrected chi connectivity index (χ4v) is 4.58. The van der Waals surface area contributed by atoms with Crippen molar-refractivity contribution in [2.75, 3.05) is 26.7 Å². The Bertz CT molecular complexity index is 1030. The van der Waals surface area contributed by atoms with E-state index in [9.17, 15) is 4.79 Å². The van der Waals surface area contributed by atoms with E-state index in [0.717, 1.165) is 37.3 Å². The maximum absolute atomic E-state index is 12.7. The molecule has 1 spiro atoms. The summed E-state index contributed by atoms with van der Waals surface area (Å²) in [7, 11) is 3.94. The van der Waals surface area contributed by atoms with Crippen LogP contribution < -0.4 is 0 Å². The third-order valence-corrected chi connectivity index (χ3v) is 6.16. The second kappa shape index (κ2) is 6.52. The van der Waals surface area contributed by atoms with E-state index in [2.05, 4.69) is 27.2 Å². The first-order valence-corrected chi connectivity index (χ1v) is 9.83. The average Bonchev–Trinajstić information content (AvgIpc) is 3.38. The maximum atomic E-state index is 12.7. The van der Waals surface area contributed by atoms with Gasteiger partial charge in [0, 0.05) is 43.4 Å². The Morgan fingerprint density at radius 2 is 1.90 bits per heavy atom. The van der Waals surface area contributed by atoms with Crippen LogP contribution in [0.3, 0.4) is 0 Å². The lowest BCUT2D eigenvalue weighted by Gasteiger charge is -2.47. The van der Waals surface area contributed by atoms with Crippen molar-refractivity contribution < 1.29 is 9.21 Å². The molecule has 2 aliphatic heterocycles. The zero-order chi connectivity index (χ0) is 20.2. The minimum absolute atomic E-state index is 0.00887. The highest BCUT2D eigenvalue weighted by atomic mass is 16.4. The van der Waals surface area contributed by atoms with Gasteiger partial charge in [-0.15, -0.1) is 10.2 Å². The largest absolute Gasteiger partial charge is 0.419 e.